The number of carboxylic acid groups (broad SMARTS) is 1. The van der Waals surface area contributed by atoms with Gasteiger partial charge in [0, 0.05) is 18.7 Å². The number of aliphatic carboxylic acids is 1. The summed E-state index contributed by atoms with van der Waals surface area (Å²) >= 11 is 6.09. The van der Waals surface area contributed by atoms with Crippen molar-refractivity contribution < 1.29 is 14.6 Å². The molecule has 1 aromatic carbocycles. The Kier molecular flexibility index (Phi) is 4.65. The van der Waals surface area contributed by atoms with Gasteiger partial charge in [-0.2, -0.15) is 5.10 Å². The van der Waals surface area contributed by atoms with Crippen molar-refractivity contribution in [1.29, 1.82) is 0 Å². The van der Waals surface area contributed by atoms with Gasteiger partial charge in [-0.3, -0.25) is 4.68 Å². The second-order valence-electron chi connectivity index (χ2n) is 4.51. The molecule has 0 saturated heterocycles. The van der Waals surface area contributed by atoms with Gasteiger partial charge in [0.15, 0.2) is 0 Å². The van der Waals surface area contributed by atoms with E-state index in [2.05, 4.69) is 5.10 Å². The maximum Gasteiger partial charge on any atom is 0.328 e. The number of carbonyl (C=O) groups is 1. The summed E-state index contributed by atoms with van der Waals surface area (Å²) < 4.78 is 7.48. The molecule has 1 heterocycles. The van der Waals surface area contributed by atoms with Crippen molar-refractivity contribution in [1.82, 2.24) is 9.78 Å². The summed E-state index contributed by atoms with van der Waals surface area (Å²) in [6, 6.07) is 7.11. The van der Waals surface area contributed by atoms with E-state index in [9.17, 15) is 4.79 Å². The topological polar surface area (TPSA) is 64.3 Å². The summed E-state index contributed by atoms with van der Waals surface area (Å²) in [6.45, 7) is 2.23. The zero-order valence-electron chi connectivity index (χ0n) is 11.7. The van der Waals surface area contributed by atoms with Gasteiger partial charge < -0.3 is 9.84 Å². The maximum absolute atomic E-state index is 10.6. The van der Waals surface area contributed by atoms with Crippen LogP contribution >= 0.6 is 11.6 Å². The summed E-state index contributed by atoms with van der Waals surface area (Å²) in [7, 11) is 1.84. The molecule has 0 unspecified atom stereocenters. The first-order valence-corrected chi connectivity index (χ1v) is 6.67. The Morgan fingerprint density at radius 1 is 1.52 bits per heavy atom. The largest absolute Gasteiger partial charge is 0.487 e. The molecule has 0 saturated carbocycles. The molecule has 0 aliphatic rings. The Balaban J connectivity index is 2.22. The van der Waals surface area contributed by atoms with Crippen LogP contribution in [0.15, 0.2) is 30.3 Å². The minimum absolute atomic E-state index is 0.325. The van der Waals surface area contributed by atoms with Crippen LogP contribution in [0, 0.1) is 6.92 Å². The zero-order valence-corrected chi connectivity index (χ0v) is 12.5. The molecule has 2 aromatic rings. The average Bonchev–Trinajstić information content (AvgIpc) is 2.73. The van der Waals surface area contributed by atoms with E-state index in [1.54, 1.807) is 22.9 Å². The van der Waals surface area contributed by atoms with Gasteiger partial charge >= 0.3 is 5.97 Å². The number of halogens is 1. The van der Waals surface area contributed by atoms with Gasteiger partial charge in [-0.05, 0) is 31.2 Å². The third kappa shape index (κ3) is 3.86. The highest BCUT2D eigenvalue weighted by molar-refractivity contribution is 6.32. The van der Waals surface area contributed by atoms with E-state index < -0.39 is 5.97 Å². The smallest absolute Gasteiger partial charge is 0.328 e. The van der Waals surface area contributed by atoms with Crippen LogP contribution in [0.1, 0.15) is 17.0 Å². The normalized spacial score (nSPS) is 11.0. The van der Waals surface area contributed by atoms with E-state index in [1.165, 1.54) is 6.08 Å². The van der Waals surface area contributed by atoms with Gasteiger partial charge in [0.1, 0.15) is 12.4 Å². The van der Waals surface area contributed by atoms with E-state index in [-0.39, 0.29) is 0 Å². The highest BCUT2D eigenvalue weighted by Crippen LogP contribution is 2.28. The fraction of sp³-hybridized carbons (Fsp3) is 0.200. The number of benzene rings is 1. The first-order valence-electron chi connectivity index (χ1n) is 6.29. The summed E-state index contributed by atoms with van der Waals surface area (Å²) in [6.07, 6.45) is 2.46. The monoisotopic (exact) mass is 306 g/mol. The molecule has 1 N–H and O–H groups in total. The Hall–Kier alpha value is -2.27. The van der Waals surface area contributed by atoms with Crippen molar-refractivity contribution in [2.45, 2.75) is 13.5 Å². The number of hydrogen-bond acceptors (Lipinski definition) is 3. The van der Waals surface area contributed by atoms with Crippen molar-refractivity contribution in [2.75, 3.05) is 0 Å². The first kappa shape index (κ1) is 15.1. The molecule has 2 rings (SSSR count). The van der Waals surface area contributed by atoms with Crippen LogP contribution in [0.25, 0.3) is 6.08 Å². The summed E-state index contributed by atoms with van der Waals surface area (Å²) in [5.41, 5.74) is 2.37. The predicted octanol–water partition coefficient (Wildman–Crippen LogP) is 3.06. The zero-order chi connectivity index (χ0) is 15.4. The van der Waals surface area contributed by atoms with Gasteiger partial charge in [0.2, 0.25) is 0 Å². The number of carboxylic acids is 1. The van der Waals surface area contributed by atoms with Crippen LogP contribution < -0.4 is 4.74 Å². The second-order valence-corrected chi connectivity index (χ2v) is 4.92. The van der Waals surface area contributed by atoms with Gasteiger partial charge in [-0.1, -0.05) is 17.7 Å². The lowest BCUT2D eigenvalue weighted by atomic mass is 10.2. The number of ether oxygens (including phenoxy) is 1. The fourth-order valence-corrected chi connectivity index (χ4v) is 2.14. The predicted molar refractivity (Wildman–Crippen MR) is 80.4 cm³/mol. The van der Waals surface area contributed by atoms with Crippen LogP contribution in [0.3, 0.4) is 0 Å². The summed E-state index contributed by atoms with van der Waals surface area (Å²) in [5, 5.41) is 13.4. The third-order valence-electron chi connectivity index (χ3n) is 2.88. The first-order chi connectivity index (χ1) is 9.97. The quantitative estimate of drug-likeness (QED) is 0.862. The summed E-state index contributed by atoms with van der Waals surface area (Å²) in [4.78, 5) is 10.6. The fourth-order valence-electron chi connectivity index (χ4n) is 1.91. The molecule has 0 bridgehead atoms. The van der Waals surface area contributed by atoms with Gasteiger partial charge in [0.05, 0.1) is 16.4 Å². The molecule has 6 heteroatoms. The molecule has 21 heavy (non-hydrogen) atoms. The molecule has 0 radical (unpaired) electrons. The molecule has 0 fully saturated rings. The van der Waals surface area contributed by atoms with Crippen molar-refractivity contribution >= 4 is 23.6 Å². The van der Waals surface area contributed by atoms with Crippen LogP contribution in [0.2, 0.25) is 5.02 Å². The van der Waals surface area contributed by atoms with Crippen LogP contribution in [0.4, 0.5) is 0 Å². The van der Waals surface area contributed by atoms with Gasteiger partial charge in [-0.25, -0.2) is 4.79 Å². The molecule has 0 spiro atoms. The van der Waals surface area contributed by atoms with E-state index >= 15 is 0 Å². The average molecular weight is 307 g/mol. The molecular weight excluding hydrogens is 292 g/mol. The lowest BCUT2D eigenvalue weighted by molar-refractivity contribution is -0.131. The molecule has 1 aromatic heterocycles. The molecule has 0 atom stereocenters. The Morgan fingerprint density at radius 2 is 2.29 bits per heavy atom. The minimum Gasteiger partial charge on any atom is -0.487 e. The van der Waals surface area contributed by atoms with Crippen molar-refractivity contribution in [3.63, 3.8) is 0 Å². The second kappa shape index (κ2) is 6.45. The standard InChI is InChI=1S/C15H15ClN2O3/c1-10-8-11(18(2)17-10)9-21-14-5-3-4-13(16)12(14)6-7-15(19)20/h3-8H,9H2,1-2H3,(H,19,20)/b7-6+. The maximum atomic E-state index is 10.6. The molecule has 0 amide bonds. The Morgan fingerprint density at radius 3 is 2.90 bits per heavy atom. The number of rotatable bonds is 5. The number of nitrogens with zero attached hydrogens (tertiary/aromatic N) is 2. The van der Waals surface area contributed by atoms with Crippen molar-refractivity contribution in [3.05, 3.63) is 52.3 Å². The molecule has 110 valence electrons. The highest BCUT2D eigenvalue weighted by atomic mass is 35.5. The van der Waals surface area contributed by atoms with Crippen molar-refractivity contribution in [3.8, 4) is 5.75 Å². The summed E-state index contributed by atoms with van der Waals surface area (Å²) in [5.74, 6) is -0.512. The van der Waals surface area contributed by atoms with Crippen LogP contribution in [0.5, 0.6) is 5.75 Å². The number of aromatic nitrogens is 2. The number of hydrogen-bond donors (Lipinski definition) is 1. The lowest BCUT2D eigenvalue weighted by Crippen LogP contribution is -2.03. The molecule has 5 nitrogen and oxygen atoms in total. The van der Waals surface area contributed by atoms with Gasteiger partial charge in [0.25, 0.3) is 0 Å². The third-order valence-corrected chi connectivity index (χ3v) is 3.21. The molecular formula is C15H15ClN2O3. The Labute approximate surface area is 127 Å². The lowest BCUT2D eigenvalue weighted by Gasteiger charge is -2.10. The van der Waals surface area contributed by atoms with Gasteiger partial charge in [-0.15, -0.1) is 0 Å². The minimum atomic E-state index is -1.04. The van der Waals surface area contributed by atoms with Crippen LogP contribution in [-0.4, -0.2) is 20.9 Å². The van der Waals surface area contributed by atoms with E-state index in [1.807, 2.05) is 20.0 Å². The van der Waals surface area contributed by atoms with E-state index in [0.717, 1.165) is 17.5 Å². The van der Waals surface area contributed by atoms with E-state index in [4.69, 9.17) is 21.4 Å². The SMILES string of the molecule is Cc1cc(COc2cccc(Cl)c2/C=C/C(=O)O)n(C)n1. The number of aryl methyl sites for hydroxylation is 2. The Bertz CT molecular complexity index is 692. The molecule has 0 aliphatic carbocycles. The molecule has 0 aliphatic heterocycles. The van der Waals surface area contributed by atoms with Crippen molar-refractivity contribution in [2.24, 2.45) is 7.05 Å². The van der Waals surface area contributed by atoms with Crippen LogP contribution in [-0.2, 0) is 18.4 Å². The van der Waals surface area contributed by atoms with E-state index in [0.29, 0.717) is 22.9 Å². The highest BCUT2D eigenvalue weighted by Gasteiger charge is 2.08.